The molecule has 0 saturated carbocycles. The highest BCUT2D eigenvalue weighted by Gasteiger charge is 2.19. The van der Waals surface area contributed by atoms with Gasteiger partial charge in [0, 0.05) is 25.0 Å². The van der Waals surface area contributed by atoms with Gasteiger partial charge in [-0.1, -0.05) is 55.1 Å². The Morgan fingerprint density at radius 1 is 1.06 bits per heavy atom. The Bertz CT molecular complexity index is 1230. The Balaban J connectivity index is 1.49. The molecule has 6 nitrogen and oxygen atoms in total. The summed E-state index contributed by atoms with van der Waals surface area (Å²) in [5, 5.41) is 12.1. The van der Waals surface area contributed by atoms with E-state index in [1.54, 1.807) is 18.5 Å². The van der Waals surface area contributed by atoms with Gasteiger partial charge in [0.1, 0.15) is 5.82 Å². The molecule has 0 aliphatic rings. The van der Waals surface area contributed by atoms with Gasteiger partial charge >= 0.3 is 0 Å². The van der Waals surface area contributed by atoms with Gasteiger partial charge in [-0.05, 0) is 47.4 Å². The molecule has 4 aromatic rings. The molecule has 8 heteroatoms. The summed E-state index contributed by atoms with van der Waals surface area (Å²) < 4.78 is 15.8. The number of hydrogen-bond acceptors (Lipinski definition) is 5. The van der Waals surface area contributed by atoms with Gasteiger partial charge in [-0.2, -0.15) is 0 Å². The SMILES string of the molecule is CCc1ccc(C(NC(=O)CSc2nnc(-c3ccncc3)n2C)c2cccc(F)c2)cc1. The van der Waals surface area contributed by atoms with E-state index in [0.717, 1.165) is 17.5 Å². The van der Waals surface area contributed by atoms with Crippen molar-refractivity contribution in [2.75, 3.05) is 5.75 Å². The van der Waals surface area contributed by atoms with Crippen LogP contribution in [0.25, 0.3) is 11.4 Å². The molecule has 0 aliphatic carbocycles. The molecular formula is C25H24FN5OS. The van der Waals surface area contributed by atoms with Crippen molar-refractivity contribution in [3.8, 4) is 11.4 Å². The maximum atomic E-state index is 13.9. The van der Waals surface area contributed by atoms with Gasteiger partial charge in [0.2, 0.25) is 5.91 Å². The molecule has 4 rings (SSSR count). The van der Waals surface area contributed by atoms with Crippen molar-refractivity contribution in [1.29, 1.82) is 0 Å². The summed E-state index contributed by atoms with van der Waals surface area (Å²) in [5.74, 6) is 0.339. The predicted molar refractivity (Wildman–Crippen MR) is 127 cm³/mol. The first kappa shape index (κ1) is 22.7. The largest absolute Gasteiger partial charge is 0.344 e. The van der Waals surface area contributed by atoms with E-state index in [0.29, 0.717) is 16.5 Å². The van der Waals surface area contributed by atoms with Crippen LogP contribution < -0.4 is 5.32 Å². The number of amides is 1. The molecule has 0 spiro atoms. The third-order valence-corrected chi connectivity index (χ3v) is 6.33. The van der Waals surface area contributed by atoms with E-state index < -0.39 is 6.04 Å². The molecular weight excluding hydrogens is 437 g/mol. The molecule has 0 saturated heterocycles. The molecule has 33 heavy (non-hydrogen) atoms. The standard InChI is InChI=1S/C25H24FN5OS/c1-3-17-7-9-18(10-8-17)23(20-5-4-6-21(26)15-20)28-22(32)16-33-25-30-29-24(31(25)2)19-11-13-27-14-12-19/h4-15,23H,3,16H2,1-2H3,(H,28,32). The lowest BCUT2D eigenvalue weighted by atomic mass is 9.97. The van der Waals surface area contributed by atoms with Gasteiger partial charge in [-0.15, -0.1) is 10.2 Å². The Morgan fingerprint density at radius 2 is 1.82 bits per heavy atom. The van der Waals surface area contributed by atoms with E-state index in [-0.39, 0.29) is 17.5 Å². The monoisotopic (exact) mass is 461 g/mol. The fraction of sp³-hybridized carbons (Fsp3) is 0.200. The van der Waals surface area contributed by atoms with Crippen LogP contribution in [0.3, 0.4) is 0 Å². The number of aromatic nitrogens is 4. The Labute approximate surface area is 196 Å². The van der Waals surface area contributed by atoms with Crippen LogP contribution in [0.1, 0.15) is 29.7 Å². The molecule has 0 radical (unpaired) electrons. The topological polar surface area (TPSA) is 72.7 Å². The first-order valence-electron chi connectivity index (χ1n) is 10.6. The number of hydrogen-bond donors (Lipinski definition) is 1. The summed E-state index contributed by atoms with van der Waals surface area (Å²) in [6, 6.07) is 17.6. The molecule has 2 aromatic heterocycles. The number of carbonyl (C=O) groups excluding carboxylic acids is 1. The Morgan fingerprint density at radius 3 is 2.52 bits per heavy atom. The minimum atomic E-state index is -0.452. The molecule has 1 N–H and O–H groups in total. The third kappa shape index (κ3) is 5.46. The summed E-state index contributed by atoms with van der Waals surface area (Å²) in [5.41, 5.74) is 3.69. The van der Waals surface area contributed by atoms with Crippen molar-refractivity contribution in [3.63, 3.8) is 0 Å². The smallest absolute Gasteiger partial charge is 0.231 e. The zero-order valence-corrected chi connectivity index (χ0v) is 19.2. The zero-order chi connectivity index (χ0) is 23.2. The van der Waals surface area contributed by atoms with Gasteiger partial charge in [0.25, 0.3) is 0 Å². The lowest BCUT2D eigenvalue weighted by Crippen LogP contribution is -2.30. The highest BCUT2D eigenvalue weighted by Crippen LogP contribution is 2.25. The summed E-state index contributed by atoms with van der Waals surface area (Å²) >= 11 is 1.30. The second kappa shape index (κ2) is 10.4. The van der Waals surface area contributed by atoms with Gasteiger partial charge in [-0.3, -0.25) is 9.78 Å². The fourth-order valence-corrected chi connectivity index (χ4v) is 4.24. The van der Waals surface area contributed by atoms with Crippen LogP contribution in [0, 0.1) is 5.82 Å². The van der Waals surface area contributed by atoms with Crippen molar-refractivity contribution in [2.24, 2.45) is 7.05 Å². The van der Waals surface area contributed by atoms with Crippen molar-refractivity contribution in [2.45, 2.75) is 24.5 Å². The van der Waals surface area contributed by atoms with Crippen LogP contribution in [0.4, 0.5) is 4.39 Å². The van der Waals surface area contributed by atoms with Crippen molar-refractivity contribution < 1.29 is 9.18 Å². The summed E-state index contributed by atoms with van der Waals surface area (Å²) in [6.07, 6.45) is 4.32. The van der Waals surface area contributed by atoms with E-state index in [4.69, 9.17) is 0 Å². The molecule has 1 unspecified atom stereocenters. The average Bonchev–Trinajstić information content (AvgIpc) is 3.22. The fourth-order valence-electron chi connectivity index (χ4n) is 3.52. The number of pyridine rings is 1. The molecule has 2 heterocycles. The van der Waals surface area contributed by atoms with Gasteiger partial charge in [0.15, 0.2) is 11.0 Å². The first-order chi connectivity index (χ1) is 16.0. The summed E-state index contributed by atoms with van der Waals surface area (Å²) in [6.45, 7) is 2.09. The minimum Gasteiger partial charge on any atom is -0.344 e. The molecule has 0 fully saturated rings. The molecule has 1 atom stereocenters. The number of carbonyl (C=O) groups is 1. The van der Waals surface area contributed by atoms with Crippen molar-refractivity contribution >= 4 is 17.7 Å². The number of aryl methyl sites for hydroxylation is 1. The maximum Gasteiger partial charge on any atom is 0.231 e. The highest BCUT2D eigenvalue weighted by molar-refractivity contribution is 7.99. The lowest BCUT2D eigenvalue weighted by molar-refractivity contribution is -0.119. The van der Waals surface area contributed by atoms with Crippen LogP contribution in [-0.2, 0) is 18.3 Å². The molecule has 1 amide bonds. The van der Waals surface area contributed by atoms with E-state index in [1.807, 2.05) is 54.1 Å². The molecule has 0 bridgehead atoms. The quantitative estimate of drug-likeness (QED) is 0.389. The molecule has 168 valence electrons. The number of benzene rings is 2. The van der Waals surface area contributed by atoms with Gasteiger partial charge in [-0.25, -0.2) is 4.39 Å². The van der Waals surface area contributed by atoms with Crippen LogP contribution >= 0.6 is 11.8 Å². The van der Waals surface area contributed by atoms with Crippen LogP contribution in [0.2, 0.25) is 0 Å². The zero-order valence-electron chi connectivity index (χ0n) is 18.4. The molecule has 2 aromatic carbocycles. The normalized spacial score (nSPS) is 11.8. The summed E-state index contributed by atoms with van der Waals surface area (Å²) in [4.78, 5) is 16.9. The van der Waals surface area contributed by atoms with E-state index in [2.05, 4.69) is 27.4 Å². The predicted octanol–water partition coefficient (Wildman–Crippen LogP) is 4.58. The van der Waals surface area contributed by atoms with Gasteiger partial charge in [0.05, 0.1) is 11.8 Å². The van der Waals surface area contributed by atoms with Crippen molar-refractivity contribution in [1.82, 2.24) is 25.1 Å². The number of rotatable bonds is 8. The van der Waals surface area contributed by atoms with E-state index in [1.165, 1.54) is 29.5 Å². The van der Waals surface area contributed by atoms with E-state index >= 15 is 0 Å². The second-order valence-electron chi connectivity index (χ2n) is 7.54. The van der Waals surface area contributed by atoms with Crippen LogP contribution in [0.15, 0.2) is 78.2 Å². The number of nitrogens with zero attached hydrogens (tertiary/aromatic N) is 4. The van der Waals surface area contributed by atoms with E-state index in [9.17, 15) is 9.18 Å². The first-order valence-corrected chi connectivity index (χ1v) is 11.6. The van der Waals surface area contributed by atoms with Gasteiger partial charge < -0.3 is 9.88 Å². The number of halogens is 1. The third-order valence-electron chi connectivity index (χ3n) is 5.31. The second-order valence-corrected chi connectivity index (χ2v) is 8.48. The molecule has 0 aliphatic heterocycles. The number of thioether (sulfide) groups is 1. The Kier molecular flexibility index (Phi) is 7.14. The average molecular weight is 462 g/mol. The maximum absolute atomic E-state index is 13.9. The summed E-state index contributed by atoms with van der Waals surface area (Å²) in [7, 11) is 1.86. The highest BCUT2D eigenvalue weighted by atomic mass is 32.2. The number of nitrogens with one attached hydrogen (secondary N) is 1. The van der Waals surface area contributed by atoms with Crippen molar-refractivity contribution in [3.05, 3.63) is 95.6 Å². The van der Waals surface area contributed by atoms with Crippen LogP contribution in [-0.4, -0.2) is 31.4 Å². The minimum absolute atomic E-state index is 0.154. The Hall–Kier alpha value is -3.52. The van der Waals surface area contributed by atoms with Crippen LogP contribution in [0.5, 0.6) is 0 Å². The lowest BCUT2D eigenvalue weighted by Gasteiger charge is -2.20.